The Hall–Kier alpha value is -2.04. The van der Waals surface area contributed by atoms with Crippen LogP contribution in [0.15, 0.2) is 29.3 Å². The first-order valence-corrected chi connectivity index (χ1v) is 9.07. The van der Waals surface area contributed by atoms with Crippen molar-refractivity contribution in [2.24, 2.45) is 10.9 Å². The zero-order chi connectivity index (χ0) is 17.4. The smallest absolute Gasteiger partial charge is 0.227 e. The number of nitrogens with zero attached hydrogens (tertiary/aromatic N) is 2. The maximum atomic E-state index is 12.0. The number of carbonyl (C=O) groups is 1. The van der Waals surface area contributed by atoms with Gasteiger partial charge in [0, 0.05) is 31.2 Å². The molecule has 1 aromatic rings. The Balaban J connectivity index is 2.02. The van der Waals surface area contributed by atoms with Gasteiger partial charge in [-0.05, 0) is 43.9 Å². The van der Waals surface area contributed by atoms with Crippen molar-refractivity contribution in [2.75, 3.05) is 25.0 Å². The maximum Gasteiger partial charge on any atom is 0.227 e. The van der Waals surface area contributed by atoms with Gasteiger partial charge in [0.05, 0.1) is 6.54 Å². The monoisotopic (exact) mass is 330 g/mol. The Labute approximate surface area is 145 Å². The summed E-state index contributed by atoms with van der Waals surface area (Å²) in [6.45, 7) is 9.72. The number of anilines is 1. The lowest BCUT2D eigenvalue weighted by Crippen LogP contribution is -2.39. The van der Waals surface area contributed by atoms with Crippen molar-refractivity contribution in [3.8, 4) is 0 Å². The van der Waals surface area contributed by atoms with E-state index in [0.29, 0.717) is 6.54 Å². The fraction of sp³-hybridized carbons (Fsp3) is 0.579. The highest BCUT2D eigenvalue weighted by atomic mass is 16.1. The molecule has 1 aliphatic rings. The fourth-order valence-corrected chi connectivity index (χ4v) is 2.72. The van der Waals surface area contributed by atoms with Gasteiger partial charge in [-0.3, -0.25) is 4.79 Å². The van der Waals surface area contributed by atoms with E-state index in [-0.39, 0.29) is 11.8 Å². The summed E-state index contributed by atoms with van der Waals surface area (Å²) >= 11 is 0. The van der Waals surface area contributed by atoms with E-state index in [2.05, 4.69) is 28.5 Å². The molecule has 24 heavy (non-hydrogen) atoms. The minimum absolute atomic E-state index is 0.0298. The summed E-state index contributed by atoms with van der Waals surface area (Å²) in [5.74, 6) is 1.09. The van der Waals surface area contributed by atoms with Crippen LogP contribution in [0.3, 0.4) is 0 Å². The van der Waals surface area contributed by atoms with Crippen LogP contribution in [0.1, 0.15) is 45.6 Å². The lowest BCUT2D eigenvalue weighted by Gasteiger charge is -2.20. The minimum Gasteiger partial charge on any atom is -0.357 e. The Morgan fingerprint density at radius 1 is 1.29 bits per heavy atom. The van der Waals surface area contributed by atoms with Gasteiger partial charge in [0.25, 0.3) is 0 Å². The van der Waals surface area contributed by atoms with Crippen molar-refractivity contribution in [3.05, 3.63) is 29.8 Å². The first-order valence-electron chi connectivity index (χ1n) is 9.07. The van der Waals surface area contributed by atoms with Crippen LogP contribution in [-0.4, -0.2) is 36.4 Å². The van der Waals surface area contributed by atoms with Gasteiger partial charge in [0.1, 0.15) is 0 Å². The molecule has 5 heteroatoms. The number of guanidine groups is 1. The second-order valence-corrected chi connectivity index (χ2v) is 6.36. The Morgan fingerprint density at radius 3 is 2.71 bits per heavy atom. The molecule has 1 aliphatic heterocycles. The number of amides is 1. The molecule has 1 unspecified atom stereocenters. The van der Waals surface area contributed by atoms with Crippen molar-refractivity contribution in [2.45, 2.75) is 46.6 Å². The van der Waals surface area contributed by atoms with Crippen molar-refractivity contribution in [3.63, 3.8) is 0 Å². The third kappa shape index (κ3) is 5.25. The van der Waals surface area contributed by atoms with E-state index >= 15 is 0 Å². The van der Waals surface area contributed by atoms with E-state index < -0.39 is 0 Å². The molecule has 1 aromatic carbocycles. The Morgan fingerprint density at radius 2 is 2.04 bits per heavy atom. The largest absolute Gasteiger partial charge is 0.357 e. The first-order chi connectivity index (χ1) is 11.6. The topological polar surface area (TPSA) is 56.7 Å². The van der Waals surface area contributed by atoms with Crippen LogP contribution >= 0.6 is 0 Å². The molecular weight excluding hydrogens is 300 g/mol. The van der Waals surface area contributed by atoms with E-state index in [1.165, 1.54) is 12.8 Å². The van der Waals surface area contributed by atoms with Crippen LogP contribution in [0.25, 0.3) is 0 Å². The highest BCUT2D eigenvalue weighted by molar-refractivity contribution is 5.92. The molecule has 5 nitrogen and oxygen atoms in total. The van der Waals surface area contributed by atoms with E-state index in [9.17, 15) is 4.79 Å². The quantitative estimate of drug-likeness (QED) is 0.622. The van der Waals surface area contributed by atoms with Crippen molar-refractivity contribution < 1.29 is 4.79 Å². The number of nitrogens with one attached hydrogen (secondary N) is 2. The van der Waals surface area contributed by atoms with Gasteiger partial charge < -0.3 is 15.5 Å². The average Bonchev–Trinajstić information content (AvgIpc) is 3.12. The average molecular weight is 330 g/mol. The fourth-order valence-electron chi connectivity index (χ4n) is 2.72. The van der Waals surface area contributed by atoms with Gasteiger partial charge in [0.2, 0.25) is 5.91 Å². The third-order valence-corrected chi connectivity index (χ3v) is 4.41. The molecule has 132 valence electrons. The van der Waals surface area contributed by atoms with Gasteiger partial charge in [-0.25, -0.2) is 4.99 Å². The summed E-state index contributed by atoms with van der Waals surface area (Å²) < 4.78 is 0. The van der Waals surface area contributed by atoms with Gasteiger partial charge >= 0.3 is 0 Å². The summed E-state index contributed by atoms with van der Waals surface area (Å²) in [6.07, 6.45) is 3.32. The van der Waals surface area contributed by atoms with E-state index in [4.69, 9.17) is 4.99 Å². The van der Waals surface area contributed by atoms with Crippen LogP contribution < -0.4 is 10.6 Å². The number of likely N-dealkylation sites (tertiary alicyclic amines) is 1. The zero-order valence-electron chi connectivity index (χ0n) is 15.1. The van der Waals surface area contributed by atoms with E-state index in [1.54, 1.807) is 0 Å². The molecule has 0 saturated carbocycles. The molecular formula is C19H30N4O. The molecule has 1 heterocycles. The van der Waals surface area contributed by atoms with Crippen LogP contribution in [0, 0.1) is 5.92 Å². The molecule has 0 radical (unpaired) electrons. The summed E-state index contributed by atoms with van der Waals surface area (Å²) in [4.78, 5) is 19.1. The van der Waals surface area contributed by atoms with E-state index in [0.717, 1.165) is 43.3 Å². The molecule has 0 spiro atoms. The molecule has 0 aromatic heterocycles. The molecule has 1 saturated heterocycles. The third-order valence-electron chi connectivity index (χ3n) is 4.41. The molecule has 0 bridgehead atoms. The first kappa shape index (κ1) is 18.3. The summed E-state index contributed by atoms with van der Waals surface area (Å²) in [5, 5.41) is 6.36. The predicted octanol–water partition coefficient (Wildman–Crippen LogP) is 3.23. The van der Waals surface area contributed by atoms with Crippen LogP contribution in [-0.2, 0) is 11.3 Å². The molecule has 2 N–H and O–H groups in total. The minimum atomic E-state index is 0.0298. The summed E-state index contributed by atoms with van der Waals surface area (Å²) in [7, 11) is 0. The molecule has 0 aliphatic carbocycles. The molecule has 1 fully saturated rings. The predicted molar refractivity (Wildman–Crippen MR) is 100 cm³/mol. The molecule has 2 rings (SSSR count). The van der Waals surface area contributed by atoms with Crippen LogP contribution in [0.5, 0.6) is 0 Å². The zero-order valence-corrected chi connectivity index (χ0v) is 15.1. The highest BCUT2D eigenvalue weighted by Crippen LogP contribution is 2.14. The number of hydrogen-bond donors (Lipinski definition) is 2. The summed E-state index contributed by atoms with van der Waals surface area (Å²) in [5.41, 5.74) is 1.95. The number of benzene rings is 1. The Kier molecular flexibility index (Phi) is 7.09. The number of rotatable bonds is 6. The van der Waals surface area contributed by atoms with Crippen molar-refractivity contribution in [1.82, 2.24) is 10.2 Å². The van der Waals surface area contributed by atoms with Crippen molar-refractivity contribution >= 4 is 17.6 Å². The lowest BCUT2D eigenvalue weighted by atomic mass is 10.1. The van der Waals surface area contributed by atoms with Gasteiger partial charge in [-0.15, -0.1) is 0 Å². The van der Waals surface area contributed by atoms with Gasteiger partial charge in [0.15, 0.2) is 5.96 Å². The molecule has 1 amide bonds. The molecule has 1 atom stereocenters. The second-order valence-electron chi connectivity index (χ2n) is 6.36. The standard InChI is InChI=1S/C19H30N4O/c1-4-15(3)18(24)22-17-10-8-9-16(13-17)14-21-19(20-5-2)23-11-6-7-12-23/h8-10,13,15H,4-7,11-12,14H2,1-3H3,(H,20,21)(H,22,24). The maximum absolute atomic E-state index is 12.0. The van der Waals surface area contributed by atoms with E-state index in [1.807, 2.05) is 32.0 Å². The van der Waals surface area contributed by atoms with Gasteiger partial charge in [-0.1, -0.05) is 26.0 Å². The second kappa shape index (κ2) is 9.30. The lowest BCUT2D eigenvalue weighted by molar-refractivity contribution is -0.119. The normalized spacial score (nSPS) is 16.1. The van der Waals surface area contributed by atoms with Crippen molar-refractivity contribution in [1.29, 1.82) is 0 Å². The van der Waals surface area contributed by atoms with Crippen LogP contribution in [0.4, 0.5) is 5.69 Å². The highest BCUT2D eigenvalue weighted by Gasteiger charge is 2.15. The summed E-state index contributed by atoms with van der Waals surface area (Å²) in [6, 6.07) is 7.96. The number of carbonyl (C=O) groups excluding carboxylic acids is 1. The van der Waals surface area contributed by atoms with Crippen LogP contribution in [0.2, 0.25) is 0 Å². The number of aliphatic imine (C=N–C) groups is 1. The SMILES string of the molecule is CCNC(=NCc1cccc(NC(=O)C(C)CC)c1)N1CCCC1. The van der Waals surface area contributed by atoms with Gasteiger partial charge in [-0.2, -0.15) is 0 Å². The Bertz CT molecular complexity index is 564. The number of hydrogen-bond acceptors (Lipinski definition) is 2.